The van der Waals surface area contributed by atoms with E-state index >= 15 is 0 Å². The van der Waals surface area contributed by atoms with E-state index in [0.29, 0.717) is 30.5 Å². The van der Waals surface area contributed by atoms with Gasteiger partial charge in [0, 0.05) is 19.3 Å². The fourth-order valence-corrected chi connectivity index (χ4v) is 1.37. The molecule has 6 heteroatoms. The van der Waals surface area contributed by atoms with Crippen LogP contribution in [0.4, 0.5) is 5.82 Å². The number of amides is 1. The number of pyridine rings is 1. The zero-order valence-electron chi connectivity index (χ0n) is 11.5. The van der Waals surface area contributed by atoms with Crippen molar-refractivity contribution in [1.82, 2.24) is 10.3 Å². The summed E-state index contributed by atoms with van der Waals surface area (Å²) in [6.07, 6.45) is 2.51. The summed E-state index contributed by atoms with van der Waals surface area (Å²) in [4.78, 5) is 15.7. The Morgan fingerprint density at radius 1 is 1.42 bits per heavy atom. The van der Waals surface area contributed by atoms with Crippen molar-refractivity contribution in [2.75, 3.05) is 25.2 Å². The lowest BCUT2D eigenvalue weighted by Gasteiger charge is -2.08. The monoisotopic (exact) mass is 266 g/mol. The first kappa shape index (κ1) is 15.4. The van der Waals surface area contributed by atoms with Gasteiger partial charge >= 0.3 is 0 Å². The van der Waals surface area contributed by atoms with Crippen LogP contribution in [0.3, 0.4) is 0 Å². The van der Waals surface area contributed by atoms with Crippen LogP contribution in [0.5, 0.6) is 0 Å². The van der Waals surface area contributed by atoms with Crippen LogP contribution in [0, 0.1) is 5.92 Å². The first-order valence-electron chi connectivity index (χ1n) is 6.42. The minimum Gasteiger partial charge on any atom is -0.380 e. The molecule has 0 aliphatic heterocycles. The van der Waals surface area contributed by atoms with Gasteiger partial charge in [0.15, 0.2) is 0 Å². The van der Waals surface area contributed by atoms with Crippen molar-refractivity contribution in [3.05, 3.63) is 23.9 Å². The summed E-state index contributed by atoms with van der Waals surface area (Å²) < 4.78 is 5.41. The fourth-order valence-electron chi connectivity index (χ4n) is 1.37. The number of carbonyl (C=O) groups is 1. The molecule has 1 aromatic rings. The minimum atomic E-state index is -0.163. The molecule has 1 aromatic heterocycles. The quantitative estimate of drug-likeness (QED) is 0.373. The highest BCUT2D eigenvalue weighted by Gasteiger charge is 2.05. The van der Waals surface area contributed by atoms with Crippen molar-refractivity contribution in [1.29, 1.82) is 0 Å². The van der Waals surface area contributed by atoms with Gasteiger partial charge in [0.1, 0.15) is 5.82 Å². The van der Waals surface area contributed by atoms with E-state index in [-0.39, 0.29) is 5.91 Å². The molecule has 1 heterocycles. The minimum absolute atomic E-state index is 0.163. The number of hydrogen-bond acceptors (Lipinski definition) is 5. The number of hydrazine groups is 1. The van der Waals surface area contributed by atoms with Crippen LogP contribution in [0.2, 0.25) is 0 Å². The average Bonchev–Trinajstić information content (AvgIpc) is 2.42. The van der Waals surface area contributed by atoms with E-state index in [1.165, 1.54) is 6.20 Å². The Morgan fingerprint density at radius 2 is 2.21 bits per heavy atom. The number of anilines is 1. The summed E-state index contributed by atoms with van der Waals surface area (Å²) in [7, 11) is 0. The van der Waals surface area contributed by atoms with Crippen LogP contribution >= 0.6 is 0 Å². The highest BCUT2D eigenvalue weighted by molar-refractivity contribution is 5.93. The third-order valence-electron chi connectivity index (χ3n) is 2.55. The van der Waals surface area contributed by atoms with Crippen LogP contribution in [0.15, 0.2) is 18.3 Å². The lowest BCUT2D eigenvalue weighted by atomic mass is 10.1. The van der Waals surface area contributed by atoms with Gasteiger partial charge in [-0.2, -0.15) is 0 Å². The van der Waals surface area contributed by atoms with Gasteiger partial charge in [-0.3, -0.25) is 4.79 Å². The van der Waals surface area contributed by atoms with Crippen molar-refractivity contribution in [3.8, 4) is 0 Å². The Labute approximate surface area is 113 Å². The normalized spacial score (nSPS) is 10.5. The first-order valence-corrected chi connectivity index (χ1v) is 6.42. The molecule has 0 bridgehead atoms. The van der Waals surface area contributed by atoms with Gasteiger partial charge < -0.3 is 15.5 Å². The molecule has 0 fully saturated rings. The van der Waals surface area contributed by atoms with Gasteiger partial charge in [-0.05, 0) is 24.5 Å². The lowest BCUT2D eigenvalue weighted by molar-refractivity contribution is 0.0905. The van der Waals surface area contributed by atoms with Crippen molar-refractivity contribution in [3.63, 3.8) is 0 Å². The number of hydrogen-bond donors (Lipinski definition) is 3. The third-order valence-corrected chi connectivity index (χ3v) is 2.55. The molecule has 0 aliphatic carbocycles. The molecule has 1 amide bonds. The highest BCUT2D eigenvalue weighted by atomic mass is 16.5. The molecule has 0 saturated heterocycles. The van der Waals surface area contributed by atoms with Gasteiger partial charge in [-0.1, -0.05) is 13.8 Å². The lowest BCUT2D eigenvalue weighted by Crippen LogP contribution is -2.27. The van der Waals surface area contributed by atoms with Crippen LogP contribution < -0.4 is 16.6 Å². The molecule has 0 radical (unpaired) electrons. The zero-order valence-corrected chi connectivity index (χ0v) is 11.5. The Balaban J connectivity index is 2.20. The van der Waals surface area contributed by atoms with E-state index in [0.717, 1.165) is 13.0 Å². The topological polar surface area (TPSA) is 89.3 Å². The summed E-state index contributed by atoms with van der Waals surface area (Å²) in [5, 5.41) is 2.77. The van der Waals surface area contributed by atoms with Gasteiger partial charge in [-0.25, -0.2) is 10.8 Å². The molecule has 106 valence electrons. The number of nitrogen functional groups attached to an aromatic ring is 1. The van der Waals surface area contributed by atoms with Crippen LogP contribution in [-0.2, 0) is 4.74 Å². The SMILES string of the molecule is CC(C)CCOCCNC(=O)c1ccc(NN)nc1. The predicted octanol–water partition coefficient (Wildman–Crippen LogP) is 1.16. The van der Waals surface area contributed by atoms with E-state index < -0.39 is 0 Å². The second-order valence-electron chi connectivity index (χ2n) is 4.63. The van der Waals surface area contributed by atoms with Crippen molar-refractivity contribution in [2.45, 2.75) is 20.3 Å². The Hall–Kier alpha value is -1.66. The van der Waals surface area contributed by atoms with Gasteiger partial charge in [0.25, 0.3) is 5.91 Å². The van der Waals surface area contributed by atoms with Gasteiger partial charge in [0.2, 0.25) is 0 Å². The maximum absolute atomic E-state index is 11.7. The van der Waals surface area contributed by atoms with E-state index in [1.807, 2.05) is 0 Å². The maximum atomic E-state index is 11.7. The second-order valence-corrected chi connectivity index (χ2v) is 4.63. The molecule has 0 saturated carbocycles. The fraction of sp³-hybridized carbons (Fsp3) is 0.538. The van der Waals surface area contributed by atoms with Crippen LogP contribution in [0.1, 0.15) is 30.6 Å². The smallest absolute Gasteiger partial charge is 0.252 e. The predicted molar refractivity (Wildman–Crippen MR) is 74.7 cm³/mol. The highest BCUT2D eigenvalue weighted by Crippen LogP contribution is 2.03. The number of nitrogens with one attached hydrogen (secondary N) is 2. The summed E-state index contributed by atoms with van der Waals surface area (Å²) >= 11 is 0. The first-order chi connectivity index (χ1) is 9.13. The van der Waals surface area contributed by atoms with Gasteiger partial charge in [0.05, 0.1) is 12.2 Å². The van der Waals surface area contributed by atoms with Crippen LogP contribution in [-0.4, -0.2) is 30.6 Å². The van der Waals surface area contributed by atoms with E-state index in [9.17, 15) is 4.79 Å². The molecular weight excluding hydrogens is 244 g/mol. The second kappa shape index (κ2) is 8.44. The molecule has 0 spiro atoms. The van der Waals surface area contributed by atoms with E-state index in [4.69, 9.17) is 10.6 Å². The molecule has 4 N–H and O–H groups in total. The number of nitrogens with two attached hydrogens (primary N) is 1. The standard InChI is InChI=1S/C13H22N4O2/c1-10(2)5-7-19-8-6-15-13(18)11-3-4-12(17-14)16-9-11/h3-4,9-10H,5-8,14H2,1-2H3,(H,15,18)(H,16,17). The molecule has 0 unspecified atom stereocenters. The van der Waals surface area contributed by atoms with Crippen LogP contribution in [0.25, 0.3) is 0 Å². The third kappa shape index (κ3) is 6.17. The van der Waals surface area contributed by atoms with Crippen molar-refractivity contribution >= 4 is 11.7 Å². The Kier molecular flexibility index (Phi) is 6.84. The molecule has 6 nitrogen and oxygen atoms in total. The van der Waals surface area contributed by atoms with E-state index in [2.05, 4.69) is 29.6 Å². The molecule has 19 heavy (non-hydrogen) atoms. The number of aromatic nitrogens is 1. The Morgan fingerprint density at radius 3 is 2.79 bits per heavy atom. The summed E-state index contributed by atoms with van der Waals surface area (Å²) in [5.74, 6) is 6.19. The summed E-state index contributed by atoms with van der Waals surface area (Å²) in [5.41, 5.74) is 2.91. The average molecular weight is 266 g/mol. The number of ether oxygens (including phenoxy) is 1. The number of carbonyl (C=O) groups excluding carboxylic acids is 1. The molecule has 1 rings (SSSR count). The summed E-state index contributed by atoms with van der Waals surface area (Å²) in [6, 6.07) is 3.31. The Bertz CT molecular complexity index is 379. The maximum Gasteiger partial charge on any atom is 0.252 e. The van der Waals surface area contributed by atoms with Gasteiger partial charge in [-0.15, -0.1) is 0 Å². The van der Waals surface area contributed by atoms with Crippen molar-refractivity contribution < 1.29 is 9.53 Å². The zero-order chi connectivity index (χ0) is 14.1. The molecular formula is C13H22N4O2. The number of nitrogens with zero attached hydrogens (tertiary/aromatic N) is 1. The largest absolute Gasteiger partial charge is 0.380 e. The number of rotatable bonds is 8. The molecule has 0 atom stereocenters. The molecule has 0 aromatic carbocycles. The summed E-state index contributed by atoms with van der Waals surface area (Å²) in [6.45, 7) is 6.05. The molecule has 0 aliphatic rings. The van der Waals surface area contributed by atoms with E-state index in [1.54, 1.807) is 12.1 Å². The van der Waals surface area contributed by atoms with Crippen molar-refractivity contribution in [2.24, 2.45) is 11.8 Å².